The second-order valence-corrected chi connectivity index (χ2v) is 6.42. The van der Waals surface area contributed by atoms with Gasteiger partial charge in [0.15, 0.2) is 5.41 Å². The molecule has 0 nitrogen and oxygen atoms in total. The van der Waals surface area contributed by atoms with Crippen molar-refractivity contribution in [1.82, 2.24) is 0 Å². The molecule has 0 spiro atoms. The van der Waals surface area contributed by atoms with Crippen LogP contribution >= 0.6 is 0 Å². The first-order valence-electron chi connectivity index (χ1n) is 6.56. The number of alkyl halides is 6. The zero-order chi connectivity index (χ0) is 17.6. The first kappa shape index (κ1) is 18.6. The maximum atomic E-state index is 13.2. The summed E-state index contributed by atoms with van der Waals surface area (Å²) in [7, 11) is 0. The quantitative estimate of drug-likeness (QED) is 0.584. The highest BCUT2D eigenvalue weighted by Gasteiger charge is 2.68. The van der Waals surface area contributed by atoms with Crippen molar-refractivity contribution >= 4 is 6.08 Å². The van der Waals surface area contributed by atoms with E-state index in [2.05, 4.69) is 6.58 Å². The smallest absolute Gasteiger partial charge is 0.170 e. The van der Waals surface area contributed by atoms with Crippen LogP contribution in [-0.4, -0.2) is 12.4 Å². The van der Waals surface area contributed by atoms with Crippen LogP contribution in [0.5, 0.6) is 0 Å². The lowest BCUT2D eigenvalue weighted by molar-refractivity contribution is -0.297. The molecule has 0 saturated heterocycles. The van der Waals surface area contributed by atoms with Crippen LogP contribution < -0.4 is 0 Å². The third kappa shape index (κ3) is 3.15. The minimum absolute atomic E-state index is 0.168. The van der Waals surface area contributed by atoms with Gasteiger partial charge in [-0.3, -0.25) is 0 Å². The Hall–Kier alpha value is -1.46. The Morgan fingerprint density at radius 3 is 1.50 bits per heavy atom. The summed E-state index contributed by atoms with van der Waals surface area (Å²) in [5, 5.41) is 0. The second kappa shape index (κ2) is 5.32. The largest absolute Gasteiger partial charge is 0.406 e. The van der Waals surface area contributed by atoms with Gasteiger partial charge in [0.2, 0.25) is 0 Å². The molecule has 0 aliphatic carbocycles. The summed E-state index contributed by atoms with van der Waals surface area (Å²) in [6, 6.07) is 3.42. The average molecular weight is 324 g/mol. The van der Waals surface area contributed by atoms with E-state index in [1.54, 1.807) is 26.8 Å². The lowest BCUT2D eigenvalue weighted by Crippen LogP contribution is -2.51. The third-order valence-electron chi connectivity index (χ3n) is 3.77. The van der Waals surface area contributed by atoms with Crippen molar-refractivity contribution in [1.29, 1.82) is 0 Å². The average Bonchev–Trinajstić information content (AvgIpc) is 2.33. The van der Waals surface area contributed by atoms with E-state index in [4.69, 9.17) is 0 Å². The third-order valence-corrected chi connectivity index (χ3v) is 3.77. The molecule has 0 unspecified atom stereocenters. The van der Waals surface area contributed by atoms with Gasteiger partial charge in [0.05, 0.1) is 0 Å². The molecule has 1 aromatic carbocycles. The van der Waals surface area contributed by atoms with E-state index < -0.39 is 28.7 Å². The molecular formula is C16H18F6. The SMILES string of the molecule is C=Cc1cc(C(C)(C)C)cc(C(C)(C(F)(F)F)C(F)(F)F)c1. The molecule has 0 amide bonds. The Morgan fingerprint density at radius 1 is 0.773 bits per heavy atom. The molecule has 124 valence electrons. The van der Waals surface area contributed by atoms with Gasteiger partial charge in [0.1, 0.15) is 0 Å². The lowest BCUT2D eigenvalue weighted by atomic mass is 9.76. The van der Waals surface area contributed by atoms with Crippen molar-refractivity contribution in [3.05, 3.63) is 41.5 Å². The molecule has 0 radical (unpaired) electrons. The molecule has 0 fully saturated rings. The first-order valence-corrected chi connectivity index (χ1v) is 6.56. The summed E-state index contributed by atoms with van der Waals surface area (Å²) in [5.41, 5.74) is -4.73. The topological polar surface area (TPSA) is 0 Å². The molecule has 6 heteroatoms. The number of hydrogen-bond donors (Lipinski definition) is 0. The van der Waals surface area contributed by atoms with Crippen molar-refractivity contribution in [3.8, 4) is 0 Å². The van der Waals surface area contributed by atoms with Gasteiger partial charge in [-0.25, -0.2) is 0 Å². The maximum Gasteiger partial charge on any atom is 0.406 e. The molecule has 0 aromatic heterocycles. The molecule has 0 aliphatic rings. The molecule has 0 bridgehead atoms. The van der Waals surface area contributed by atoms with E-state index in [1.807, 2.05) is 0 Å². The zero-order valence-corrected chi connectivity index (χ0v) is 12.8. The van der Waals surface area contributed by atoms with Crippen LogP contribution in [0.15, 0.2) is 24.8 Å². The van der Waals surface area contributed by atoms with Crippen LogP contribution in [0.1, 0.15) is 44.4 Å². The van der Waals surface area contributed by atoms with Gasteiger partial charge >= 0.3 is 12.4 Å². The summed E-state index contributed by atoms with van der Waals surface area (Å²) in [6.45, 7) is 8.77. The fourth-order valence-corrected chi connectivity index (χ4v) is 1.98. The monoisotopic (exact) mass is 324 g/mol. The predicted octanol–water partition coefficient (Wildman–Crippen LogP) is 6.01. The number of hydrogen-bond acceptors (Lipinski definition) is 0. The van der Waals surface area contributed by atoms with Crippen LogP contribution in [0.3, 0.4) is 0 Å². The van der Waals surface area contributed by atoms with E-state index in [0.29, 0.717) is 5.56 Å². The van der Waals surface area contributed by atoms with E-state index in [-0.39, 0.29) is 12.5 Å². The van der Waals surface area contributed by atoms with E-state index in [9.17, 15) is 26.3 Å². The lowest BCUT2D eigenvalue weighted by Gasteiger charge is -2.35. The van der Waals surface area contributed by atoms with Crippen molar-refractivity contribution in [2.75, 3.05) is 0 Å². The standard InChI is InChI=1S/C16H18F6/c1-6-10-7-11(13(2,3)4)9-12(8-10)14(5,15(17,18)19)16(20,21)22/h6-9H,1H2,2-5H3. The summed E-state index contributed by atoms with van der Waals surface area (Å²) < 4.78 is 79.2. The van der Waals surface area contributed by atoms with Gasteiger partial charge in [0.25, 0.3) is 0 Å². The number of benzene rings is 1. The number of halogens is 6. The van der Waals surface area contributed by atoms with Crippen LogP contribution in [0.4, 0.5) is 26.3 Å². The molecule has 22 heavy (non-hydrogen) atoms. The van der Waals surface area contributed by atoms with Crippen molar-refractivity contribution in [2.24, 2.45) is 0 Å². The Morgan fingerprint density at radius 2 is 1.18 bits per heavy atom. The van der Waals surface area contributed by atoms with Gasteiger partial charge in [-0.05, 0) is 29.0 Å². The Kier molecular flexibility index (Phi) is 4.49. The van der Waals surface area contributed by atoms with Gasteiger partial charge < -0.3 is 0 Å². The molecular weight excluding hydrogens is 306 g/mol. The molecule has 1 rings (SSSR count). The minimum Gasteiger partial charge on any atom is -0.170 e. The van der Waals surface area contributed by atoms with E-state index in [1.165, 1.54) is 6.08 Å². The molecule has 0 saturated carbocycles. The maximum absolute atomic E-state index is 13.2. The van der Waals surface area contributed by atoms with Crippen molar-refractivity contribution < 1.29 is 26.3 Å². The second-order valence-electron chi connectivity index (χ2n) is 6.42. The minimum atomic E-state index is -5.46. The fraction of sp³-hybridized carbons (Fsp3) is 0.500. The summed E-state index contributed by atoms with van der Waals surface area (Å²) >= 11 is 0. The zero-order valence-electron chi connectivity index (χ0n) is 12.8. The van der Waals surface area contributed by atoms with Gasteiger partial charge in [-0.2, -0.15) is 26.3 Å². The highest BCUT2D eigenvalue weighted by atomic mass is 19.4. The highest BCUT2D eigenvalue weighted by molar-refractivity contribution is 5.53. The first-order chi connectivity index (χ1) is 9.64. The van der Waals surface area contributed by atoms with Gasteiger partial charge in [0, 0.05) is 0 Å². The summed E-state index contributed by atoms with van der Waals surface area (Å²) in [4.78, 5) is 0. The fourth-order valence-electron chi connectivity index (χ4n) is 1.98. The normalized spacial score (nSPS) is 14.1. The molecule has 1 aromatic rings. The van der Waals surface area contributed by atoms with Crippen LogP contribution in [0.2, 0.25) is 0 Å². The van der Waals surface area contributed by atoms with Crippen molar-refractivity contribution in [2.45, 2.75) is 50.9 Å². The van der Waals surface area contributed by atoms with Crippen molar-refractivity contribution in [3.63, 3.8) is 0 Å². The van der Waals surface area contributed by atoms with Crippen LogP contribution in [-0.2, 0) is 10.8 Å². The van der Waals surface area contributed by atoms with Gasteiger partial charge in [-0.1, -0.05) is 51.6 Å². The van der Waals surface area contributed by atoms with Gasteiger partial charge in [-0.15, -0.1) is 0 Å². The Labute approximate surface area is 125 Å². The number of rotatable bonds is 2. The van der Waals surface area contributed by atoms with Crippen LogP contribution in [0.25, 0.3) is 6.08 Å². The van der Waals surface area contributed by atoms with Crippen LogP contribution in [0, 0.1) is 0 Å². The van der Waals surface area contributed by atoms with E-state index in [0.717, 1.165) is 12.1 Å². The molecule has 0 heterocycles. The Balaban J connectivity index is 3.75. The molecule has 0 N–H and O–H groups in total. The van der Waals surface area contributed by atoms with E-state index >= 15 is 0 Å². The molecule has 0 atom stereocenters. The molecule has 0 aliphatic heterocycles. The predicted molar refractivity (Wildman–Crippen MR) is 74.7 cm³/mol. The summed E-state index contributed by atoms with van der Waals surface area (Å²) in [5.74, 6) is 0. The Bertz CT molecular complexity index is 543. The highest BCUT2D eigenvalue weighted by Crippen LogP contribution is 2.52. The summed E-state index contributed by atoms with van der Waals surface area (Å²) in [6.07, 6.45) is -9.67.